The van der Waals surface area contributed by atoms with E-state index in [0.29, 0.717) is 0 Å². The molecule has 0 aliphatic heterocycles. The normalized spacial score (nSPS) is 9.90. The third kappa shape index (κ3) is 3.69. The summed E-state index contributed by atoms with van der Waals surface area (Å²) >= 11 is 0. The van der Waals surface area contributed by atoms with Crippen LogP contribution in [0.15, 0.2) is 47.1 Å². The lowest BCUT2D eigenvalue weighted by Gasteiger charge is -2.08. The number of benzene rings is 1. The fraction of sp³-hybridized carbons (Fsp3) is 0.0714. The molecule has 21 heavy (non-hydrogen) atoms. The zero-order valence-electron chi connectivity index (χ0n) is 10.8. The molecule has 7 nitrogen and oxygen atoms in total. The van der Waals surface area contributed by atoms with E-state index in [4.69, 9.17) is 9.52 Å². The van der Waals surface area contributed by atoms with Gasteiger partial charge in [0.05, 0.1) is 24.1 Å². The minimum atomic E-state index is -1.15. The smallest absolute Gasteiger partial charge is 0.337 e. The quantitative estimate of drug-likeness (QED) is 0.769. The van der Waals surface area contributed by atoms with E-state index in [2.05, 4.69) is 10.6 Å². The second kappa shape index (κ2) is 6.38. The van der Waals surface area contributed by atoms with Gasteiger partial charge in [-0.25, -0.2) is 4.79 Å². The van der Waals surface area contributed by atoms with Gasteiger partial charge in [0.2, 0.25) is 5.91 Å². The molecule has 0 radical (unpaired) electrons. The summed E-state index contributed by atoms with van der Waals surface area (Å²) in [7, 11) is 0. The van der Waals surface area contributed by atoms with E-state index in [0.717, 1.165) is 0 Å². The van der Waals surface area contributed by atoms with Gasteiger partial charge in [-0.3, -0.25) is 9.59 Å². The van der Waals surface area contributed by atoms with Gasteiger partial charge < -0.3 is 20.2 Å². The van der Waals surface area contributed by atoms with E-state index < -0.39 is 17.8 Å². The summed E-state index contributed by atoms with van der Waals surface area (Å²) in [5.74, 6) is -2.12. The fourth-order valence-electron chi connectivity index (χ4n) is 1.63. The predicted octanol–water partition coefficient (Wildman–Crippen LogP) is 1.35. The molecule has 2 rings (SSSR count). The minimum Gasteiger partial charge on any atom is -0.478 e. The average Bonchev–Trinajstić information content (AvgIpc) is 2.99. The van der Waals surface area contributed by atoms with Crippen LogP contribution >= 0.6 is 0 Å². The van der Waals surface area contributed by atoms with Crippen molar-refractivity contribution >= 4 is 23.5 Å². The molecule has 7 heteroatoms. The van der Waals surface area contributed by atoms with Crippen LogP contribution in [0.3, 0.4) is 0 Å². The minimum absolute atomic E-state index is 0.0248. The van der Waals surface area contributed by atoms with E-state index in [1.807, 2.05) is 0 Å². The first-order chi connectivity index (χ1) is 10.1. The van der Waals surface area contributed by atoms with Gasteiger partial charge in [0.1, 0.15) is 0 Å². The molecule has 0 saturated carbocycles. The monoisotopic (exact) mass is 288 g/mol. The van der Waals surface area contributed by atoms with Crippen LogP contribution in [0.2, 0.25) is 0 Å². The molecule has 3 N–H and O–H groups in total. The van der Waals surface area contributed by atoms with Gasteiger partial charge in [-0.05, 0) is 24.3 Å². The molecule has 0 atom stereocenters. The van der Waals surface area contributed by atoms with E-state index in [1.54, 1.807) is 18.2 Å². The summed E-state index contributed by atoms with van der Waals surface area (Å²) in [6.07, 6.45) is 1.35. The van der Waals surface area contributed by atoms with Gasteiger partial charge in [0.15, 0.2) is 5.76 Å². The van der Waals surface area contributed by atoms with Crippen LogP contribution < -0.4 is 10.6 Å². The van der Waals surface area contributed by atoms with Crippen molar-refractivity contribution in [2.45, 2.75) is 0 Å². The lowest BCUT2D eigenvalue weighted by molar-refractivity contribution is -0.115. The van der Waals surface area contributed by atoms with Crippen LogP contribution in [-0.2, 0) is 4.79 Å². The van der Waals surface area contributed by atoms with Gasteiger partial charge in [-0.15, -0.1) is 0 Å². The molecule has 1 heterocycles. The Bertz CT molecular complexity index is 664. The highest BCUT2D eigenvalue weighted by Gasteiger charge is 2.13. The molecule has 0 unspecified atom stereocenters. The lowest BCUT2D eigenvalue weighted by atomic mass is 10.2. The SMILES string of the molecule is O=C(CNC(=O)c1ccco1)Nc1ccccc1C(=O)O. The molecule has 2 amide bonds. The number of carboxylic acid groups (broad SMARTS) is 1. The maximum absolute atomic E-state index is 11.7. The number of hydrogen-bond donors (Lipinski definition) is 3. The van der Waals surface area contributed by atoms with Crippen LogP contribution in [0.1, 0.15) is 20.9 Å². The number of carbonyl (C=O) groups is 3. The Hall–Kier alpha value is -3.09. The molecule has 0 aliphatic carbocycles. The van der Waals surface area contributed by atoms with Gasteiger partial charge >= 0.3 is 5.97 Å². The molecule has 2 aromatic rings. The first-order valence-corrected chi connectivity index (χ1v) is 6.02. The van der Waals surface area contributed by atoms with Crippen molar-refractivity contribution in [1.82, 2.24) is 5.32 Å². The van der Waals surface area contributed by atoms with Gasteiger partial charge in [-0.1, -0.05) is 12.1 Å². The highest BCUT2D eigenvalue weighted by Crippen LogP contribution is 2.14. The topological polar surface area (TPSA) is 109 Å². The predicted molar refractivity (Wildman–Crippen MR) is 73.1 cm³/mol. The third-order valence-corrected chi connectivity index (χ3v) is 2.59. The van der Waals surface area contributed by atoms with E-state index in [1.165, 1.54) is 24.5 Å². The molecule has 0 bridgehead atoms. The second-order valence-electron chi connectivity index (χ2n) is 4.06. The van der Waals surface area contributed by atoms with E-state index in [-0.39, 0.29) is 23.6 Å². The summed E-state index contributed by atoms with van der Waals surface area (Å²) in [5.41, 5.74) is 0.144. The van der Waals surface area contributed by atoms with Crippen LogP contribution in [-0.4, -0.2) is 29.4 Å². The molecular formula is C14H12N2O5. The number of nitrogens with one attached hydrogen (secondary N) is 2. The summed E-state index contributed by atoms with van der Waals surface area (Å²) in [6.45, 7) is -0.298. The average molecular weight is 288 g/mol. The van der Waals surface area contributed by atoms with Crippen molar-refractivity contribution < 1.29 is 23.9 Å². The van der Waals surface area contributed by atoms with Crippen molar-refractivity contribution in [2.24, 2.45) is 0 Å². The number of rotatable bonds is 5. The Morgan fingerprint density at radius 1 is 1.10 bits per heavy atom. The fourth-order valence-corrected chi connectivity index (χ4v) is 1.63. The largest absolute Gasteiger partial charge is 0.478 e. The number of para-hydroxylation sites is 1. The maximum atomic E-state index is 11.7. The number of anilines is 1. The first-order valence-electron chi connectivity index (χ1n) is 6.02. The zero-order chi connectivity index (χ0) is 15.2. The summed E-state index contributed by atoms with van der Waals surface area (Å²) in [6, 6.07) is 9.02. The Balaban J connectivity index is 1.93. The number of carbonyl (C=O) groups excluding carboxylic acids is 2. The Morgan fingerprint density at radius 3 is 2.52 bits per heavy atom. The van der Waals surface area contributed by atoms with Gasteiger partial charge in [0, 0.05) is 0 Å². The Labute approximate surface area is 119 Å². The molecule has 1 aromatic carbocycles. The zero-order valence-corrected chi connectivity index (χ0v) is 10.8. The first kappa shape index (κ1) is 14.3. The Kier molecular flexibility index (Phi) is 4.35. The van der Waals surface area contributed by atoms with Gasteiger partial charge in [-0.2, -0.15) is 0 Å². The molecule has 108 valence electrons. The van der Waals surface area contributed by atoms with Crippen LogP contribution in [0.4, 0.5) is 5.69 Å². The van der Waals surface area contributed by atoms with Crippen molar-refractivity contribution in [3.63, 3.8) is 0 Å². The highest BCUT2D eigenvalue weighted by molar-refractivity contribution is 6.02. The van der Waals surface area contributed by atoms with Crippen LogP contribution in [0, 0.1) is 0 Å². The van der Waals surface area contributed by atoms with Crippen molar-refractivity contribution in [2.75, 3.05) is 11.9 Å². The number of carboxylic acids is 1. The Morgan fingerprint density at radius 2 is 1.86 bits per heavy atom. The molecule has 0 aliphatic rings. The van der Waals surface area contributed by atoms with E-state index in [9.17, 15) is 14.4 Å². The lowest BCUT2D eigenvalue weighted by Crippen LogP contribution is -2.33. The number of amides is 2. The summed E-state index contributed by atoms with van der Waals surface area (Å²) < 4.78 is 4.87. The summed E-state index contributed by atoms with van der Waals surface area (Å²) in [5, 5.41) is 13.8. The van der Waals surface area contributed by atoms with E-state index >= 15 is 0 Å². The summed E-state index contributed by atoms with van der Waals surface area (Å²) in [4.78, 5) is 34.3. The van der Waals surface area contributed by atoms with Crippen LogP contribution in [0.5, 0.6) is 0 Å². The number of hydrogen-bond acceptors (Lipinski definition) is 4. The molecular weight excluding hydrogens is 276 g/mol. The number of furan rings is 1. The highest BCUT2D eigenvalue weighted by atomic mass is 16.4. The van der Waals surface area contributed by atoms with Crippen molar-refractivity contribution in [3.05, 3.63) is 54.0 Å². The maximum Gasteiger partial charge on any atom is 0.337 e. The number of aromatic carboxylic acids is 1. The molecule has 0 fully saturated rings. The molecule has 0 saturated heterocycles. The van der Waals surface area contributed by atoms with Crippen molar-refractivity contribution in [1.29, 1.82) is 0 Å². The van der Waals surface area contributed by atoms with Crippen LogP contribution in [0.25, 0.3) is 0 Å². The van der Waals surface area contributed by atoms with Gasteiger partial charge in [0.25, 0.3) is 5.91 Å². The third-order valence-electron chi connectivity index (χ3n) is 2.59. The standard InChI is InChI=1S/C14H12N2O5/c17-12(8-15-13(18)11-6-3-7-21-11)16-10-5-2-1-4-9(10)14(19)20/h1-7H,8H2,(H,15,18)(H,16,17)(H,19,20). The molecule has 0 spiro atoms. The van der Waals surface area contributed by atoms with Crippen molar-refractivity contribution in [3.8, 4) is 0 Å². The second-order valence-corrected chi connectivity index (χ2v) is 4.06. The molecule has 1 aromatic heterocycles.